The van der Waals surface area contributed by atoms with E-state index in [4.69, 9.17) is 0 Å². The van der Waals surface area contributed by atoms with E-state index in [2.05, 4.69) is 27.4 Å². The SMILES string of the molecule is CCCNC(=NC)NCCN1CCN(C(C)=O)CC1. The summed E-state index contributed by atoms with van der Waals surface area (Å²) in [5, 5.41) is 6.55. The summed E-state index contributed by atoms with van der Waals surface area (Å²) in [6, 6.07) is 0. The van der Waals surface area contributed by atoms with E-state index in [0.717, 1.165) is 58.2 Å². The highest BCUT2D eigenvalue weighted by molar-refractivity contribution is 5.79. The highest BCUT2D eigenvalue weighted by atomic mass is 16.2. The summed E-state index contributed by atoms with van der Waals surface area (Å²) in [6.45, 7) is 10.2. The van der Waals surface area contributed by atoms with Gasteiger partial charge in [0.15, 0.2) is 5.96 Å². The lowest BCUT2D eigenvalue weighted by Crippen LogP contribution is -2.50. The fraction of sp³-hybridized carbons (Fsp3) is 0.846. The van der Waals surface area contributed by atoms with Crippen LogP contribution >= 0.6 is 0 Å². The Morgan fingerprint density at radius 1 is 1.16 bits per heavy atom. The molecule has 2 N–H and O–H groups in total. The largest absolute Gasteiger partial charge is 0.356 e. The fourth-order valence-electron chi connectivity index (χ4n) is 2.08. The van der Waals surface area contributed by atoms with Crippen LogP contribution in [0.5, 0.6) is 0 Å². The first-order valence-corrected chi connectivity index (χ1v) is 7.09. The smallest absolute Gasteiger partial charge is 0.219 e. The molecule has 1 aliphatic heterocycles. The second kappa shape index (κ2) is 8.74. The van der Waals surface area contributed by atoms with Gasteiger partial charge in [-0.05, 0) is 6.42 Å². The lowest BCUT2D eigenvalue weighted by atomic mass is 10.3. The van der Waals surface area contributed by atoms with Crippen molar-refractivity contribution in [3.05, 3.63) is 0 Å². The number of nitrogens with zero attached hydrogens (tertiary/aromatic N) is 3. The molecule has 0 radical (unpaired) electrons. The van der Waals surface area contributed by atoms with Crippen molar-refractivity contribution in [2.75, 3.05) is 52.9 Å². The molecular weight excluding hydrogens is 242 g/mol. The Bertz CT molecular complexity index is 297. The Labute approximate surface area is 116 Å². The third-order valence-corrected chi connectivity index (χ3v) is 3.30. The topological polar surface area (TPSA) is 60.0 Å². The Morgan fingerprint density at radius 2 is 1.79 bits per heavy atom. The van der Waals surface area contributed by atoms with Crippen molar-refractivity contribution in [2.24, 2.45) is 4.99 Å². The van der Waals surface area contributed by atoms with Crippen LogP contribution in [0.2, 0.25) is 0 Å². The molecule has 1 aliphatic rings. The molecule has 0 spiro atoms. The first-order chi connectivity index (χ1) is 9.17. The number of rotatable bonds is 5. The van der Waals surface area contributed by atoms with E-state index in [9.17, 15) is 4.79 Å². The van der Waals surface area contributed by atoms with E-state index in [1.165, 1.54) is 0 Å². The summed E-state index contributed by atoms with van der Waals surface area (Å²) in [6.07, 6.45) is 1.09. The maximum absolute atomic E-state index is 11.2. The minimum atomic E-state index is 0.182. The predicted octanol–water partition coefficient (Wildman–Crippen LogP) is -0.274. The molecule has 0 aromatic carbocycles. The molecule has 6 heteroatoms. The monoisotopic (exact) mass is 269 g/mol. The van der Waals surface area contributed by atoms with Gasteiger partial charge in [0, 0.05) is 59.8 Å². The number of amides is 1. The lowest BCUT2D eigenvalue weighted by molar-refractivity contribution is -0.130. The Kier molecular flexibility index (Phi) is 7.25. The lowest BCUT2D eigenvalue weighted by Gasteiger charge is -2.34. The van der Waals surface area contributed by atoms with E-state index in [0.29, 0.717) is 0 Å². The number of aliphatic imine (C=N–C) groups is 1. The molecule has 0 aromatic rings. The first-order valence-electron chi connectivity index (χ1n) is 7.09. The number of guanidine groups is 1. The highest BCUT2D eigenvalue weighted by Gasteiger charge is 2.17. The van der Waals surface area contributed by atoms with Gasteiger partial charge in [0.05, 0.1) is 0 Å². The van der Waals surface area contributed by atoms with Gasteiger partial charge in [0.25, 0.3) is 0 Å². The molecule has 19 heavy (non-hydrogen) atoms. The normalized spacial score (nSPS) is 17.4. The zero-order valence-electron chi connectivity index (χ0n) is 12.4. The van der Waals surface area contributed by atoms with E-state index in [1.807, 2.05) is 4.90 Å². The van der Waals surface area contributed by atoms with Crippen LogP contribution in [0.3, 0.4) is 0 Å². The van der Waals surface area contributed by atoms with Gasteiger partial charge in [-0.15, -0.1) is 0 Å². The summed E-state index contributed by atoms with van der Waals surface area (Å²) in [4.78, 5) is 19.7. The van der Waals surface area contributed by atoms with E-state index in [-0.39, 0.29) is 5.91 Å². The maximum Gasteiger partial charge on any atom is 0.219 e. The number of piperazine rings is 1. The molecule has 0 bridgehead atoms. The Hall–Kier alpha value is -1.30. The fourth-order valence-corrected chi connectivity index (χ4v) is 2.08. The van der Waals surface area contributed by atoms with Crippen LogP contribution in [0.1, 0.15) is 20.3 Å². The average Bonchev–Trinajstić information content (AvgIpc) is 2.43. The quantitative estimate of drug-likeness (QED) is 0.533. The number of nitrogens with one attached hydrogen (secondary N) is 2. The van der Waals surface area contributed by atoms with Crippen molar-refractivity contribution in [1.29, 1.82) is 0 Å². The van der Waals surface area contributed by atoms with Gasteiger partial charge in [-0.2, -0.15) is 0 Å². The second-order valence-corrected chi connectivity index (χ2v) is 4.77. The van der Waals surface area contributed by atoms with Crippen LogP contribution in [0.4, 0.5) is 0 Å². The molecule has 0 aromatic heterocycles. The molecule has 1 saturated heterocycles. The molecule has 0 unspecified atom stereocenters. The molecule has 1 rings (SSSR count). The van der Waals surface area contributed by atoms with Gasteiger partial charge in [-0.3, -0.25) is 14.7 Å². The van der Waals surface area contributed by atoms with Crippen molar-refractivity contribution < 1.29 is 4.79 Å². The van der Waals surface area contributed by atoms with Crippen molar-refractivity contribution >= 4 is 11.9 Å². The van der Waals surface area contributed by atoms with Crippen molar-refractivity contribution in [2.45, 2.75) is 20.3 Å². The van der Waals surface area contributed by atoms with Crippen LogP contribution in [-0.4, -0.2) is 74.5 Å². The van der Waals surface area contributed by atoms with Crippen LogP contribution in [0.15, 0.2) is 4.99 Å². The molecule has 1 amide bonds. The summed E-state index contributed by atoms with van der Waals surface area (Å²) < 4.78 is 0. The summed E-state index contributed by atoms with van der Waals surface area (Å²) in [5.74, 6) is 1.05. The molecule has 110 valence electrons. The third kappa shape index (κ3) is 5.92. The van der Waals surface area contributed by atoms with E-state index in [1.54, 1.807) is 14.0 Å². The zero-order chi connectivity index (χ0) is 14.1. The number of hydrogen-bond acceptors (Lipinski definition) is 3. The summed E-state index contributed by atoms with van der Waals surface area (Å²) in [7, 11) is 1.79. The molecule has 1 heterocycles. The molecule has 0 aliphatic carbocycles. The Morgan fingerprint density at radius 3 is 2.32 bits per heavy atom. The molecule has 0 saturated carbocycles. The Balaban J connectivity index is 2.15. The van der Waals surface area contributed by atoms with Gasteiger partial charge < -0.3 is 15.5 Å². The maximum atomic E-state index is 11.2. The van der Waals surface area contributed by atoms with Crippen LogP contribution in [0.25, 0.3) is 0 Å². The summed E-state index contributed by atoms with van der Waals surface area (Å²) >= 11 is 0. The van der Waals surface area contributed by atoms with Crippen molar-refractivity contribution in [3.63, 3.8) is 0 Å². The van der Waals surface area contributed by atoms with Crippen molar-refractivity contribution in [3.8, 4) is 0 Å². The minimum Gasteiger partial charge on any atom is -0.356 e. The predicted molar refractivity (Wildman–Crippen MR) is 78.3 cm³/mol. The third-order valence-electron chi connectivity index (χ3n) is 3.30. The standard InChI is InChI=1S/C13H27N5O/c1-4-5-15-13(14-3)16-6-7-17-8-10-18(11-9-17)12(2)19/h4-11H2,1-3H3,(H2,14,15,16). The number of carbonyl (C=O) groups excluding carboxylic acids is 1. The molecule has 1 fully saturated rings. The van der Waals surface area contributed by atoms with E-state index < -0.39 is 0 Å². The van der Waals surface area contributed by atoms with Gasteiger partial charge in [-0.1, -0.05) is 6.92 Å². The summed E-state index contributed by atoms with van der Waals surface area (Å²) in [5.41, 5.74) is 0. The second-order valence-electron chi connectivity index (χ2n) is 4.77. The van der Waals surface area contributed by atoms with Gasteiger partial charge in [-0.25, -0.2) is 0 Å². The number of hydrogen-bond donors (Lipinski definition) is 2. The van der Waals surface area contributed by atoms with E-state index >= 15 is 0 Å². The average molecular weight is 269 g/mol. The van der Waals surface area contributed by atoms with Crippen LogP contribution in [0, 0.1) is 0 Å². The first kappa shape index (κ1) is 15.8. The highest BCUT2D eigenvalue weighted by Crippen LogP contribution is 2.00. The minimum absolute atomic E-state index is 0.182. The van der Waals surface area contributed by atoms with Crippen molar-refractivity contribution in [1.82, 2.24) is 20.4 Å². The van der Waals surface area contributed by atoms with Gasteiger partial charge >= 0.3 is 0 Å². The van der Waals surface area contributed by atoms with Gasteiger partial charge in [0.2, 0.25) is 5.91 Å². The molecule has 0 atom stereocenters. The number of carbonyl (C=O) groups is 1. The van der Waals surface area contributed by atoms with Crippen LogP contribution < -0.4 is 10.6 Å². The zero-order valence-corrected chi connectivity index (χ0v) is 12.4. The van der Waals surface area contributed by atoms with Crippen LogP contribution in [-0.2, 0) is 4.79 Å². The molecule has 6 nitrogen and oxygen atoms in total. The molecular formula is C13H27N5O. The van der Waals surface area contributed by atoms with Gasteiger partial charge in [0.1, 0.15) is 0 Å².